The summed E-state index contributed by atoms with van der Waals surface area (Å²) < 4.78 is 24.4. The Labute approximate surface area is 145 Å². The summed E-state index contributed by atoms with van der Waals surface area (Å²) in [6.07, 6.45) is 0.530. The van der Waals surface area contributed by atoms with Crippen LogP contribution >= 0.6 is 15.9 Å². The highest BCUT2D eigenvalue weighted by molar-refractivity contribution is 9.10. The normalized spacial score (nSPS) is 29.6. The van der Waals surface area contributed by atoms with Crippen molar-refractivity contribution < 1.29 is 24.1 Å². The molecule has 3 atom stereocenters. The molecular weight excluding hydrogens is 364 g/mol. The first-order chi connectivity index (χ1) is 10.8. The van der Waals surface area contributed by atoms with Crippen LogP contribution in [0.2, 0.25) is 0 Å². The first-order valence-electron chi connectivity index (χ1n) is 7.76. The lowest BCUT2D eigenvalue weighted by molar-refractivity contribution is -0.186. The van der Waals surface area contributed by atoms with E-state index in [-0.39, 0.29) is 6.10 Å². The number of hydrogen-bond donors (Lipinski definition) is 1. The van der Waals surface area contributed by atoms with Gasteiger partial charge in [-0.2, -0.15) is 0 Å². The molecule has 1 fully saturated rings. The first kappa shape index (κ1) is 17.0. The topological polar surface area (TPSA) is 57.2 Å². The standard InChI is InChI=1S/C17H23BrO5/c1-9(19)17-13(22-16(2,3)23-17)7-6-10-12(20-4)8-11(18)15(21-5)14(10)17/h8-9,13,19H,6-7H2,1-5H3/t9-,13-,17-/m1/s1. The molecule has 0 amide bonds. The van der Waals surface area contributed by atoms with Crippen molar-refractivity contribution in [3.63, 3.8) is 0 Å². The van der Waals surface area contributed by atoms with Gasteiger partial charge < -0.3 is 24.1 Å². The molecule has 6 heteroatoms. The van der Waals surface area contributed by atoms with Crippen LogP contribution in [-0.4, -0.2) is 37.3 Å². The minimum absolute atomic E-state index is 0.238. The van der Waals surface area contributed by atoms with E-state index in [4.69, 9.17) is 18.9 Å². The van der Waals surface area contributed by atoms with Gasteiger partial charge >= 0.3 is 0 Å². The summed E-state index contributed by atoms with van der Waals surface area (Å²) in [4.78, 5) is 0. The van der Waals surface area contributed by atoms with E-state index in [0.717, 1.165) is 34.2 Å². The van der Waals surface area contributed by atoms with Crippen LogP contribution in [0.1, 0.15) is 38.3 Å². The number of fused-ring (bicyclic) bond motifs is 3. The van der Waals surface area contributed by atoms with Gasteiger partial charge in [0.2, 0.25) is 0 Å². The summed E-state index contributed by atoms with van der Waals surface area (Å²) in [6, 6.07) is 1.90. The molecule has 0 aromatic heterocycles. The molecule has 23 heavy (non-hydrogen) atoms. The van der Waals surface area contributed by atoms with Gasteiger partial charge in [0.05, 0.1) is 30.9 Å². The predicted octanol–water partition coefficient (Wildman–Crippen LogP) is 3.14. The monoisotopic (exact) mass is 386 g/mol. The van der Waals surface area contributed by atoms with Crippen LogP contribution in [0.25, 0.3) is 0 Å². The van der Waals surface area contributed by atoms with Crippen molar-refractivity contribution in [1.82, 2.24) is 0 Å². The van der Waals surface area contributed by atoms with Gasteiger partial charge in [0.25, 0.3) is 0 Å². The Morgan fingerprint density at radius 1 is 1.35 bits per heavy atom. The summed E-state index contributed by atoms with van der Waals surface area (Å²) in [5, 5.41) is 10.7. The average Bonchev–Trinajstić information content (AvgIpc) is 2.77. The van der Waals surface area contributed by atoms with Crippen molar-refractivity contribution in [3.05, 3.63) is 21.7 Å². The van der Waals surface area contributed by atoms with E-state index >= 15 is 0 Å². The lowest BCUT2D eigenvalue weighted by atomic mass is 9.73. The molecule has 5 nitrogen and oxygen atoms in total. The SMILES string of the molecule is COc1cc(Br)c(OC)c2c1CC[C@H]1OC(C)(C)O[C@@]21[C@@H](C)O. The highest BCUT2D eigenvalue weighted by Gasteiger charge is 2.61. The Kier molecular flexibility index (Phi) is 4.16. The summed E-state index contributed by atoms with van der Waals surface area (Å²) in [6.45, 7) is 5.48. The maximum Gasteiger partial charge on any atom is 0.164 e. The van der Waals surface area contributed by atoms with Crippen molar-refractivity contribution >= 4 is 15.9 Å². The lowest BCUT2D eigenvalue weighted by Gasteiger charge is -2.42. The lowest BCUT2D eigenvalue weighted by Crippen LogP contribution is -2.50. The maximum absolute atomic E-state index is 10.7. The van der Waals surface area contributed by atoms with Gasteiger partial charge in [0.1, 0.15) is 11.5 Å². The molecule has 128 valence electrons. The molecule has 0 unspecified atom stereocenters. The third-order valence-corrected chi connectivity index (χ3v) is 5.30. The Bertz CT molecular complexity index is 628. The van der Waals surface area contributed by atoms with E-state index in [9.17, 15) is 5.11 Å². The number of benzene rings is 1. The fraction of sp³-hybridized carbons (Fsp3) is 0.647. The Morgan fingerprint density at radius 3 is 2.61 bits per heavy atom. The van der Waals surface area contributed by atoms with Crippen LogP contribution in [0.4, 0.5) is 0 Å². The fourth-order valence-electron chi connectivity index (χ4n) is 3.94. The smallest absolute Gasteiger partial charge is 0.164 e. The number of aliphatic hydroxyl groups is 1. The van der Waals surface area contributed by atoms with E-state index in [1.807, 2.05) is 19.9 Å². The van der Waals surface area contributed by atoms with Crippen LogP contribution in [0, 0.1) is 0 Å². The van der Waals surface area contributed by atoms with Crippen LogP contribution in [0.5, 0.6) is 11.5 Å². The zero-order valence-electron chi connectivity index (χ0n) is 14.1. The van der Waals surface area contributed by atoms with Crippen LogP contribution in [0.15, 0.2) is 10.5 Å². The number of methoxy groups -OCH3 is 2. The Hall–Kier alpha value is -0.820. The van der Waals surface area contributed by atoms with E-state index < -0.39 is 17.5 Å². The Balaban J connectivity index is 2.33. The van der Waals surface area contributed by atoms with Gasteiger partial charge in [0.15, 0.2) is 11.4 Å². The van der Waals surface area contributed by atoms with Gasteiger partial charge in [-0.15, -0.1) is 0 Å². The largest absolute Gasteiger partial charge is 0.496 e. The van der Waals surface area contributed by atoms with E-state index in [1.54, 1.807) is 21.1 Å². The quantitative estimate of drug-likeness (QED) is 0.864. The molecule has 1 aliphatic heterocycles. The van der Waals surface area contributed by atoms with Gasteiger partial charge in [-0.3, -0.25) is 0 Å². The van der Waals surface area contributed by atoms with Crippen LogP contribution < -0.4 is 9.47 Å². The molecule has 0 saturated carbocycles. The summed E-state index contributed by atoms with van der Waals surface area (Å²) >= 11 is 3.54. The Morgan fingerprint density at radius 2 is 2.04 bits per heavy atom. The van der Waals surface area contributed by atoms with Crippen molar-refractivity contribution in [2.24, 2.45) is 0 Å². The second-order valence-electron chi connectivity index (χ2n) is 6.56. The zero-order chi connectivity index (χ0) is 17.0. The third-order valence-electron chi connectivity index (χ3n) is 4.71. The fourth-order valence-corrected chi connectivity index (χ4v) is 4.51. The molecule has 3 rings (SSSR count). The number of aliphatic hydroxyl groups excluding tert-OH is 1. The van der Waals surface area contributed by atoms with Gasteiger partial charge in [-0.1, -0.05) is 0 Å². The van der Waals surface area contributed by atoms with Crippen LogP contribution in [0.3, 0.4) is 0 Å². The molecule has 0 spiro atoms. The molecule has 1 heterocycles. The minimum atomic E-state index is -0.973. The second kappa shape index (κ2) is 5.62. The second-order valence-corrected chi connectivity index (χ2v) is 7.42. The van der Waals surface area contributed by atoms with Crippen molar-refractivity contribution in [2.45, 2.75) is 57.2 Å². The van der Waals surface area contributed by atoms with E-state index in [1.165, 1.54) is 0 Å². The molecule has 1 aromatic rings. The maximum atomic E-state index is 10.7. The zero-order valence-corrected chi connectivity index (χ0v) is 15.7. The molecule has 0 bridgehead atoms. The summed E-state index contributed by atoms with van der Waals surface area (Å²) in [5.74, 6) is 0.649. The third kappa shape index (κ3) is 2.38. The molecule has 1 saturated heterocycles. The number of hydrogen-bond acceptors (Lipinski definition) is 5. The van der Waals surface area contributed by atoms with Crippen molar-refractivity contribution in [2.75, 3.05) is 14.2 Å². The molecular formula is C17H23BrO5. The van der Waals surface area contributed by atoms with Gasteiger partial charge in [-0.05, 0) is 55.6 Å². The van der Waals surface area contributed by atoms with Crippen molar-refractivity contribution in [3.8, 4) is 11.5 Å². The molecule has 1 aliphatic carbocycles. The predicted molar refractivity (Wildman–Crippen MR) is 89.0 cm³/mol. The molecule has 0 radical (unpaired) electrons. The summed E-state index contributed by atoms with van der Waals surface area (Å²) in [7, 11) is 3.26. The molecule has 1 N–H and O–H groups in total. The number of ether oxygens (including phenoxy) is 4. The highest BCUT2D eigenvalue weighted by Crippen LogP contribution is 2.56. The van der Waals surface area contributed by atoms with Gasteiger partial charge in [0, 0.05) is 11.1 Å². The van der Waals surface area contributed by atoms with E-state index in [0.29, 0.717) is 5.75 Å². The highest BCUT2D eigenvalue weighted by atomic mass is 79.9. The minimum Gasteiger partial charge on any atom is -0.496 e. The first-order valence-corrected chi connectivity index (χ1v) is 8.56. The number of halogens is 1. The van der Waals surface area contributed by atoms with Gasteiger partial charge in [-0.25, -0.2) is 0 Å². The molecule has 1 aromatic carbocycles. The van der Waals surface area contributed by atoms with Crippen LogP contribution in [-0.2, 0) is 21.5 Å². The summed E-state index contributed by atoms with van der Waals surface area (Å²) in [5.41, 5.74) is 0.855. The van der Waals surface area contributed by atoms with E-state index in [2.05, 4.69) is 15.9 Å². The molecule has 2 aliphatic rings. The van der Waals surface area contributed by atoms with Crippen molar-refractivity contribution in [1.29, 1.82) is 0 Å². The average molecular weight is 387 g/mol. The number of rotatable bonds is 3.